The van der Waals surface area contributed by atoms with E-state index >= 15 is 0 Å². The summed E-state index contributed by atoms with van der Waals surface area (Å²) in [5.41, 5.74) is 0.265. The summed E-state index contributed by atoms with van der Waals surface area (Å²) in [6.07, 6.45) is 3.21. The second-order valence-corrected chi connectivity index (χ2v) is 4.90. The summed E-state index contributed by atoms with van der Waals surface area (Å²) in [6, 6.07) is 1.50. The van der Waals surface area contributed by atoms with Gasteiger partial charge in [-0.05, 0) is 23.6 Å². The van der Waals surface area contributed by atoms with Crippen LogP contribution in [-0.2, 0) is 9.53 Å². The zero-order chi connectivity index (χ0) is 15.1. The van der Waals surface area contributed by atoms with Crippen LogP contribution in [0.1, 0.15) is 37.0 Å². The van der Waals surface area contributed by atoms with Crippen LogP contribution in [0.2, 0.25) is 5.22 Å². The molecular formula is C14H20ClNO4. The van der Waals surface area contributed by atoms with Gasteiger partial charge in [0.15, 0.2) is 0 Å². The lowest BCUT2D eigenvalue weighted by atomic mass is 10.0. The number of carbonyl (C=O) groups is 2. The van der Waals surface area contributed by atoms with Crippen molar-refractivity contribution in [1.29, 1.82) is 0 Å². The smallest absolute Gasteiger partial charge is 0.325 e. The van der Waals surface area contributed by atoms with Gasteiger partial charge in [0.25, 0.3) is 5.91 Å². The molecular weight excluding hydrogens is 282 g/mol. The van der Waals surface area contributed by atoms with Gasteiger partial charge in [0, 0.05) is 6.54 Å². The number of nitrogens with zero attached hydrogens (tertiary/aromatic N) is 1. The van der Waals surface area contributed by atoms with Crippen LogP contribution in [0.3, 0.4) is 0 Å². The van der Waals surface area contributed by atoms with Crippen molar-refractivity contribution in [3.05, 3.63) is 23.1 Å². The quantitative estimate of drug-likeness (QED) is 0.726. The summed E-state index contributed by atoms with van der Waals surface area (Å²) in [7, 11) is 1.30. The predicted octanol–water partition coefficient (Wildman–Crippen LogP) is 2.98. The van der Waals surface area contributed by atoms with Crippen LogP contribution in [0.4, 0.5) is 0 Å². The van der Waals surface area contributed by atoms with Gasteiger partial charge in [-0.2, -0.15) is 0 Å². The maximum Gasteiger partial charge on any atom is 0.325 e. The minimum Gasteiger partial charge on any atom is -0.468 e. The van der Waals surface area contributed by atoms with Gasteiger partial charge in [-0.1, -0.05) is 26.7 Å². The minimum atomic E-state index is -0.455. The number of carbonyl (C=O) groups excluding carboxylic acids is 2. The van der Waals surface area contributed by atoms with E-state index in [1.54, 1.807) is 0 Å². The molecule has 0 aliphatic heterocycles. The third kappa shape index (κ3) is 4.27. The van der Waals surface area contributed by atoms with Crippen LogP contribution in [0.15, 0.2) is 16.7 Å². The van der Waals surface area contributed by atoms with E-state index in [0.29, 0.717) is 12.5 Å². The number of halogens is 1. The lowest BCUT2D eigenvalue weighted by Gasteiger charge is -2.25. The number of furan rings is 1. The van der Waals surface area contributed by atoms with Crippen LogP contribution >= 0.6 is 11.6 Å². The van der Waals surface area contributed by atoms with E-state index < -0.39 is 5.97 Å². The Balaban J connectivity index is 2.89. The molecule has 0 aliphatic rings. The Morgan fingerprint density at radius 1 is 1.40 bits per heavy atom. The molecule has 1 rings (SSSR count). The number of rotatable bonds is 7. The fraction of sp³-hybridized carbons (Fsp3) is 0.571. The number of hydrogen-bond acceptors (Lipinski definition) is 4. The fourth-order valence-corrected chi connectivity index (χ4v) is 2.11. The molecule has 0 aromatic carbocycles. The first kappa shape index (κ1) is 16.6. The van der Waals surface area contributed by atoms with Crippen molar-refractivity contribution in [3.63, 3.8) is 0 Å². The number of amides is 1. The largest absolute Gasteiger partial charge is 0.468 e. The molecule has 1 aromatic heterocycles. The van der Waals surface area contributed by atoms with Gasteiger partial charge >= 0.3 is 5.97 Å². The van der Waals surface area contributed by atoms with E-state index in [1.807, 2.05) is 0 Å². The Morgan fingerprint density at radius 2 is 2.05 bits per heavy atom. The molecule has 0 N–H and O–H groups in total. The van der Waals surface area contributed by atoms with Gasteiger partial charge in [0.05, 0.1) is 18.9 Å². The Kier molecular flexibility index (Phi) is 6.58. The van der Waals surface area contributed by atoms with Gasteiger partial charge in [0.2, 0.25) is 5.22 Å². The number of ether oxygens (including phenoxy) is 1. The van der Waals surface area contributed by atoms with Crippen molar-refractivity contribution in [3.8, 4) is 0 Å². The number of esters is 1. The average molecular weight is 302 g/mol. The number of hydrogen-bond donors (Lipinski definition) is 0. The molecule has 1 aromatic rings. The van der Waals surface area contributed by atoms with Crippen molar-refractivity contribution >= 4 is 23.5 Å². The van der Waals surface area contributed by atoms with E-state index in [-0.39, 0.29) is 23.2 Å². The van der Waals surface area contributed by atoms with Crippen LogP contribution in [0.5, 0.6) is 0 Å². The summed E-state index contributed by atoms with van der Waals surface area (Å²) in [6.45, 7) is 4.51. The third-order valence-corrected chi connectivity index (χ3v) is 3.61. The van der Waals surface area contributed by atoms with Crippen molar-refractivity contribution in [2.24, 2.45) is 5.92 Å². The van der Waals surface area contributed by atoms with E-state index in [1.165, 1.54) is 24.3 Å². The number of methoxy groups -OCH3 is 1. The first-order valence-corrected chi connectivity index (χ1v) is 7.00. The molecule has 112 valence electrons. The first-order valence-electron chi connectivity index (χ1n) is 6.62. The highest BCUT2D eigenvalue weighted by molar-refractivity contribution is 6.32. The van der Waals surface area contributed by atoms with Crippen LogP contribution in [0, 0.1) is 5.92 Å². The SMILES string of the molecule is CCC(CC)CN(CC(=O)OC)C(=O)c1ccoc1Cl. The molecule has 1 amide bonds. The molecule has 0 atom stereocenters. The van der Waals surface area contributed by atoms with Crippen LogP contribution < -0.4 is 0 Å². The summed E-state index contributed by atoms with van der Waals surface area (Å²) in [4.78, 5) is 25.3. The zero-order valence-electron chi connectivity index (χ0n) is 12.0. The molecule has 0 saturated carbocycles. The molecule has 20 heavy (non-hydrogen) atoms. The minimum absolute atomic E-state index is 0.0365. The highest BCUT2D eigenvalue weighted by Gasteiger charge is 2.24. The summed E-state index contributed by atoms with van der Waals surface area (Å²) < 4.78 is 9.56. The lowest BCUT2D eigenvalue weighted by Crippen LogP contribution is -2.39. The Labute approximate surface area is 123 Å². The first-order chi connectivity index (χ1) is 9.53. The van der Waals surface area contributed by atoms with Crippen molar-refractivity contribution in [2.45, 2.75) is 26.7 Å². The average Bonchev–Trinajstić information content (AvgIpc) is 2.88. The van der Waals surface area contributed by atoms with Gasteiger partial charge < -0.3 is 14.1 Å². The van der Waals surface area contributed by atoms with E-state index in [0.717, 1.165) is 12.8 Å². The van der Waals surface area contributed by atoms with E-state index in [4.69, 9.17) is 16.0 Å². The van der Waals surface area contributed by atoms with Crippen molar-refractivity contribution in [2.75, 3.05) is 20.2 Å². The normalized spacial score (nSPS) is 10.7. The molecule has 0 radical (unpaired) electrons. The van der Waals surface area contributed by atoms with E-state index in [2.05, 4.69) is 18.6 Å². The Morgan fingerprint density at radius 3 is 2.50 bits per heavy atom. The van der Waals surface area contributed by atoms with Gasteiger partial charge in [0.1, 0.15) is 6.54 Å². The summed E-state index contributed by atoms with van der Waals surface area (Å²) in [5.74, 6) is -0.445. The standard InChI is InChI=1S/C14H20ClNO4/c1-4-10(5-2)8-16(9-12(17)19-3)14(18)11-6-7-20-13(11)15/h6-7,10H,4-5,8-9H2,1-3H3. The summed E-state index contributed by atoms with van der Waals surface area (Å²) >= 11 is 5.82. The fourth-order valence-electron chi connectivity index (χ4n) is 1.91. The lowest BCUT2D eigenvalue weighted by molar-refractivity contribution is -0.141. The van der Waals surface area contributed by atoms with Gasteiger partial charge in [-0.15, -0.1) is 0 Å². The molecule has 6 heteroatoms. The Hall–Kier alpha value is -1.49. The molecule has 0 fully saturated rings. The summed E-state index contributed by atoms with van der Waals surface area (Å²) in [5, 5.41) is 0.0365. The van der Waals surface area contributed by atoms with Crippen LogP contribution in [-0.4, -0.2) is 37.0 Å². The van der Waals surface area contributed by atoms with Crippen molar-refractivity contribution in [1.82, 2.24) is 4.90 Å². The van der Waals surface area contributed by atoms with E-state index in [9.17, 15) is 9.59 Å². The monoisotopic (exact) mass is 301 g/mol. The van der Waals surface area contributed by atoms with Gasteiger partial charge in [-0.25, -0.2) is 0 Å². The molecule has 1 heterocycles. The second kappa shape index (κ2) is 7.94. The molecule has 0 spiro atoms. The predicted molar refractivity (Wildman–Crippen MR) is 75.7 cm³/mol. The zero-order valence-corrected chi connectivity index (χ0v) is 12.8. The molecule has 0 saturated heterocycles. The highest BCUT2D eigenvalue weighted by Crippen LogP contribution is 2.20. The van der Waals surface area contributed by atoms with Gasteiger partial charge in [-0.3, -0.25) is 9.59 Å². The highest BCUT2D eigenvalue weighted by atomic mass is 35.5. The molecule has 0 unspecified atom stereocenters. The maximum absolute atomic E-state index is 12.4. The molecule has 0 bridgehead atoms. The second-order valence-electron chi connectivity index (χ2n) is 4.55. The van der Waals surface area contributed by atoms with Crippen molar-refractivity contribution < 1.29 is 18.7 Å². The molecule has 5 nitrogen and oxygen atoms in total. The maximum atomic E-state index is 12.4. The topological polar surface area (TPSA) is 59.8 Å². The molecule has 0 aliphatic carbocycles. The Bertz CT molecular complexity index is 454. The van der Waals surface area contributed by atoms with Crippen LogP contribution in [0.25, 0.3) is 0 Å². The third-order valence-electron chi connectivity index (χ3n) is 3.32.